The first-order valence-electron chi connectivity index (χ1n) is 10.4. The van der Waals surface area contributed by atoms with Gasteiger partial charge in [0.1, 0.15) is 0 Å². The maximum Gasteiger partial charge on any atom is 0.338 e. The second kappa shape index (κ2) is 7.80. The monoisotopic (exact) mass is 457 g/mol. The van der Waals surface area contributed by atoms with E-state index in [1.165, 1.54) is 30.3 Å². The number of nitrogens with zero attached hydrogens (tertiary/aromatic N) is 1. The maximum atomic E-state index is 13.6. The number of anilines is 1. The summed E-state index contributed by atoms with van der Waals surface area (Å²) in [4.78, 5) is 63.3. The quantitative estimate of drug-likeness (QED) is 0.270. The van der Waals surface area contributed by atoms with Crippen LogP contribution in [0.1, 0.15) is 38.1 Å². The number of benzene rings is 1. The van der Waals surface area contributed by atoms with Crippen LogP contribution in [-0.2, 0) is 38.1 Å². The fraction of sp³-hybridized carbons (Fsp3) is 0.435. The summed E-state index contributed by atoms with van der Waals surface area (Å²) in [5.41, 5.74) is -2.28. The minimum Gasteiger partial charge on any atom is -0.462 e. The van der Waals surface area contributed by atoms with Crippen molar-refractivity contribution in [2.75, 3.05) is 11.5 Å². The van der Waals surface area contributed by atoms with Gasteiger partial charge in [0.05, 0.1) is 35.3 Å². The van der Waals surface area contributed by atoms with Crippen LogP contribution in [-0.4, -0.2) is 53.8 Å². The number of imide groups is 1. The molecule has 0 N–H and O–H groups in total. The third-order valence-electron chi connectivity index (χ3n) is 6.03. The zero-order valence-electron chi connectivity index (χ0n) is 18.5. The summed E-state index contributed by atoms with van der Waals surface area (Å²) in [5.74, 6) is -5.12. The minimum atomic E-state index is -1.65. The minimum absolute atomic E-state index is 0.215. The van der Waals surface area contributed by atoms with Gasteiger partial charge in [0, 0.05) is 13.8 Å². The zero-order valence-corrected chi connectivity index (χ0v) is 18.5. The molecular formula is C23H23NO9. The molecule has 33 heavy (non-hydrogen) atoms. The van der Waals surface area contributed by atoms with Crippen molar-refractivity contribution in [3.8, 4) is 0 Å². The van der Waals surface area contributed by atoms with Crippen molar-refractivity contribution in [3.63, 3.8) is 0 Å². The van der Waals surface area contributed by atoms with Crippen molar-refractivity contribution in [2.24, 2.45) is 11.8 Å². The molecule has 0 spiro atoms. The highest BCUT2D eigenvalue weighted by Crippen LogP contribution is 2.59. The largest absolute Gasteiger partial charge is 0.462 e. The zero-order chi connectivity index (χ0) is 24.1. The third kappa shape index (κ3) is 3.41. The molecule has 1 aromatic carbocycles. The van der Waals surface area contributed by atoms with Gasteiger partial charge in [-0.05, 0) is 44.2 Å². The Bertz CT molecular complexity index is 1060. The van der Waals surface area contributed by atoms with Gasteiger partial charge in [-0.1, -0.05) is 6.08 Å². The van der Waals surface area contributed by atoms with E-state index >= 15 is 0 Å². The van der Waals surface area contributed by atoms with Gasteiger partial charge in [0.25, 0.3) is 6.29 Å². The van der Waals surface area contributed by atoms with Crippen molar-refractivity contribution in [1.29, 1.82) is 0 Å². The van der Waals surface area contributed by atoms with E-state index in [1.807, 2.05) is 0 Å². The molecule has 1 aromatic rings. The van der Waals surface area contributed by atoms with Gasteiger partial charge in [-0.3, -0.25) is 19.2 Å². The van der Waals surface area contributed by atoms with Gasteiger partial charge in [-0.2, -0.15) is 0 Å². The van der Waals surface area contributed by atoms with E-state index in [0.717, 1.165) is 18.7 Å². The Morgan fingerprint density at radius 3 is 2.12 bits per heavy atom. The van der Waals surface area contributed by atoms with Crippen LogP contribution in [0.2, 0.25) is 0 Å². The second-order valence-corrected chi connectivity index (χ2v) is 8.26. The summed E-state index contributed by atoms with van der Waals surface area (Å²) in [7, 11) is 0. The number of carbonyl (C=O) groups excluding carboxylic acids is 5. The van der Waals surface area contributed by atoms with Crippen molar-refractivity contribution < 1.29 is 42.9 Å². The Hall–Kier alpha value is -3.53. The van der Waals surface area contributed by atoms with Crippen molar-refractivity contribution in [1.82, 2.24) is 0 Å². The van der Waals surface area contributed by atoms with Crippen LogP contribution in [0, 0.1) is 11.8 Å². The van der Waals surface area contributed by atoms with Crippen LogP contribution in [0.25, 0.3) is 0 Å². The van der Waals surface area contributed by atoms with Gasteiger partial charge in [-0.15, -0.1) is 0 Å². The number of hydrogen-bond acceptors (Lipinski definition) is 9. The van der Waals surface area contributed by atoms with E-state index in [-0.39, 0.29) is 17.9 Å². The Morgan fingerprint density at radius 2 is 1.58 bits per heavy atom. The van der Waals surface area contributed by atoms with Gasteiger partial charge in [0.15, 0.2) is 5.60 Å². The molecule has 3 aliphatic heterocycles. The molecule has 0 aliphatic carbocycles. The topological polar surface area (TPSA) is 126 Å². The highest BCUT2D eigenvalue weighted by atomic mass is 16.7. The number of fused-ring (bicyclic) bond motifs is 5. The number of hydrogen-bond donors (Lipinski definition) is 0. The van der Waals surface area contributed by atoms with E-state index in [2.05, 4.69) is 0 Å². The second-order valence-electron chi connectivity index (χ2n) is 8.26. The van der Waals surface area contributed by atoms with Crippen LogP contribution in [0.3, 0.4) is 0 Å². The van der Waals surface area contributed by atoms with Gasteiger partial charge in [0.2, 0.25) is 11.8 Å². The molecule has 10 nitrogen and oxygen atoms in total. The van der Waals surface area contributed by atoms with E-state index in [9.17, 15) is 24.0 Å². The summed E-state index contributed by atoms with van der Waals surface area (Å²) in [5, 5.41) is 0. The summed E-state index contributed by atoms with van der Waals surface area (Å²) in [6, 6.07) is 5.88. The van der Waals surface area contributed by atoms with Gasteiger partial charge >= 0.3 is 17.9 Å². The fourth-order valence-corrected chi connectivity index (χ4v) is 4.78. The first-order valence-corrected chi connectivity index (χ1v) is 10.4. The normalized spacial score (nSPS) is 29.4. The molecule has 4 rings (SSSR count). The number of rotatable bonds is 6. The van der Waals surface area contributed by atoms with Crippen molar-refractivity contribution in [2.45, 2.75) is 45.2 Å². The van der Waals surface area contributed by atoms with Gasteiger partial charge < -0.3 is 18.9 Å². The molecule has 174 valence electrons. The lowest BCUT2D eigenvalue weighted by molar-refractivity contribution is -0.231. The fourth-order valence-electron chi connectivity index (χ4n) is 4.78. The van der Waals surface area contributed by atoms with Crippen LogP contribution < -0.4 is 4.90 Å². The van der Waals surface area contributed by atoms with Crippen LogP contribution in [0.4, 0.5) is 5.69 Å². The highest BCUT2D eigenvalue weighted by molar-refractivity contribution is 6.23. The summed E-state index contributed by atoms with van der Waals surface area (Å²) in [6.45, 7) is 5.82. The Morgan fingerprint density at radius 1 is 1.00 bits per heavy atom. The highest BCUT2D eigenvalue weighted by Gasteiger charge is 2.75. The summed E-state index contributed by atoms with van der Waals surface area (Å²) >= 11 is 0. The predicted octanol–water partition coefficient (Wildman–Crippen LogP) is 1.52. The first kappa shape index (κ1) is 22.7. The number of amides is 2. The lowest BCUT2D eigenvalue weighted by atomic mass is 9.72. The number of esters is 3. The number of carbonyl (C=O) groups is 5. The molecule has 2 bridgehead atoms. The molecular weight excluding hydrogens is 434 g/mol. The lowest BCUT2D eigenvalue weighted by Gasteiger charge is -2.34. The average Bonchev–Trinajstić information content (AvgIpc) is 3.33. The molecule has 0 unspecified atom stereocenters. The lowest BCUT2D eigenvalue weighted by Crippen LogP contribution is -2.52. The SMILES string of the molecule is CCOC(=O)c1ccc(N2C(=O)[C@@H]3[C@@H](C2=O)[C@@]2(C(OC(C)=O)OC(C)=O)C=C[C@@]3(C)O2)cc1. The molecule has 0 aromatic heterocycles. The molecule has 2 amide bonds. The van der Waals surface area contributed by atoms with E-state index in [0.29, 0.717) is 0 Å². The Balaban J connectivity index is 1.71. The van der Waals surface area contributed by atoms with Crippen LogP contribution >= 0.6 is 0 Å². The number of ether oxygens (including phenoxy) is 4. The maximum absolute atomic E-state index is 13.6. The summed E-state index contributed by atoms with van der Waals surface area (Å²) in [6.07, 6.45) is 1.58. The van der Waals surface area contributed by atoms with Gasteiger partial charge in [-0.25, -0.2) is 9.69 Å². The first-order chi connectivity index (χ1) is 15.5. The molecule has 4 atom stereocenters. The van der Waals surface area contributed by atoms with E-state index < -0.39 is 59.1 Å². The molecule has 3 aliphatic rings. The average molecular weight is 457 g/mol. The van der Waals surface area contributed by atoms with Crippen molar-refractivity contribution >= 4 is 35.4 Å². The van der Waals surface area contributed by atoms with E-state index in [4.69, 9.17) is 18.9 Å². The molecule has 3 heterocycles. The van der Waals surface area contributed by atoms with Crippen molar-refractivity contribution in [3.05, 3.63) is 42.0 Å². The molecule has 2 fully saturated rings. The molecule has 10 heteroatoms. The predicted molar refractivity (Wildman–Crippen MR) is 111 cm³/mol. The van der Waals surface area contributed by atoms with Crippen LogP contribution in [0.5, 0.6) is 0 Å². The van der Waals surface area contributed by atoms with E-state index in [1.54, 1.807) is 19.9 Å². The summed E-state index contributed by atoms with van der Waals surface area (Å²) < 4.78 is 21.5. The molecule has 0 radical (unpaired) electrons. The molecule has 0 saturated carbocycles. The smallest absolute Gasteiger partial charge is 0.338 e. The Kier molecular flexibility index (Phi) is 5.36. The standard InChI is InChI=1S/C23H23NO9/c1-5-30-20(29)14-6-8-15(9-7-14)24-18(27)16-17(19(24)28)23(11-10-22(16,4)33-23)21(31-12(2)25)32-13(3)26/h6-11,16-17,21H,5H2,1-4H3/t16-,17-,22+,23+/m0/s1. The van der Waals surface area contributed by atoms with Crippen LogP contribution in [0.15, 0.2) is 36.4 Å². The molecule has 2 saturated heterocycles. The Labute approximate surface area is 189 Å². The third-order valence-corrected chi connectivity index (χ3v) is 6.03.